The molecule has 1 aromatic carbocycles. The molecule has 1 N–H and O–H groups in total. The van der Waals surface area contributed by atoms with Crippen LogP contribution >= 0.6 is 0 Å². The van der Waals surface area contributed by atoms with Gasteiger partial charge in [0.1, 0.15) is 11.6 Å². The minimum Gasteiger partial charge on any atom is -0.507 e. The summed E-state index contributed by atoms with van der Waals surface area (Å²) < 4.78 is 12.8. The number of benzene rings is 1. The average Bonchev–Trinajstić information content (AvgIpc) is 2.29. The zero-order chi connectivity index (χ0) is 12.8. The van der Waals surface area contributed by atoms with Crippen molar-refractivity contribution in [2.45, 2.75) is 13.3 Å². The van der Waals surface area contributed by atoms with Crippen molar-refractivity contribution in [3.63, 3.8) is 0 Å². The third-order valence-corrected chi connectivity index (χ3v) is 2.35. The van der Waals surface area contributed by atoms with E-state index in [1.807, 2.05) is 6.07 Å². The second kappa shape index (κ2) is 5.85. The van der Waals surface area contributed by atoms with E-state index in [0.29, 0.717) is 13.1 Å². The molecular weight excluding hydrogens is 223 g/mol. The second-order valence-corrected chi connectivity index (χ2v) is 3.45. The van der Waals surface area contributed by atoms with Gasteiger partial charge in [-0.05, 0) is 19.1 Å². The molecule has 90 valence electrons. The Morgan fingerprint density at radius 2 is 2.29 bits per heavy atom. The number of phenolic OH excluding ortho intramolecular Hbond substituents is 1. The van der Waals surface area contributed by atoms with Crippen molar-refractivity contribution in [3.05, 3.63) is 29.6 Å². The van der Waals surface area contributed by atoms with Crippen molar-refractivity contribution in [1.82, 2.24) is 4.90 Å². The van der Waals surface area contributed by atoms with Crippen LogP contribution in [0.4, 0.5) is 4.39 Å². The molecule has 0 fully saturated rings. The second-order valence-electron chi connectivity index (χ2n) is 3.45. The van der Waals surface area contributed by atoms with Crippen molar-refractivity contribution >= 4 is 5.91 Å². The smallest absolute Gasteiger partial charge is 0.257 e. The molecule has 1 aromatic rings. The SMILES string of the molecule is CCN(CCC#N)C(=O)c1ccc(F)cc1O. The number of aromatic hydroxyl groups is 1. The number of carbonyl (C=O) groups excluding carboxylic acids is 1. The number of hydrogen-bond acceptors (Lipinski definition) is 3. The Morgan fingerprint density at radius 1 is 1.59 bits per heavy atom. The number of halogens is 1. The zero-order valence-corrected chi connectivity index (χ0v) is 9.48. The van der Waals surface area contributed by atoms with Gasteiger partial charge in [-0.25, -0.2) is 4.39 Å². The highest BCUT2D eigenvalue weighted by Crippen LogP contribution is 2.19. The summed E-state index contributed by atoms with van der Waals surface area (Å²) in [5.41, 5.74) is 0.0474. The van der Waals surface area contributed by atoms with Gasteiger partial charge in [-0.2, -0.15) is 5.26 Å². The van der Waals surface area contributed by atoms with E-state index >= 15 is 0 Å². The summed E-state index contributed by atoms with van der Waals surface area (Å²) in [6.07, 6.45) is 0.224. The van der Waals surface area contributed by atoms with Crippen molar-refractivity contribution in [1.29, 1.82) is 5.26 Å². The first-order chi connectivity index (χ1) is 8.10. The van der Waals surface area contributed by atoms with E-state index in [9.17, 15) is 14.3 Å². The van der Waals surface area contributed by atoms with Crippen LogP contribution in [-0.2, 0) is 0 Å². The largest absolute Gasteiger partial charge is 0.507 e. The van der Waals surface area contributed by atoms with Gasteiger partial charge in [0, 0.05) is 19.2 Å². The Kier molecular flexibility index (Phi) is 4.46. The number of rotatable bonds is 4. The van der Waals surface area contributed by atoms with Crippen LogP contribution in [0.2, 0.25) is 0 Å². The molecule has 0 atom stereocenters. The lowest BCUT2D eigenvalue weighted by Crippen LogP contribution is -2.31. The number of phenols is 1. The maximum absolute atomic E-state index is 12.8. The van der Waals surface area contributed by atoms with Gasteiger partial charge in [0.25, 0.3) is 5.91 Å². The Hall–Kier alpha value is -2.09. The topological polar surface area (TPSA) is 64.3 Å². The zero-order valence-electron chi connectivity index (χ0n) is 9.48. The van der Waals surface area contributed by atoms with Gasteiger partial charge in [0.05, 0.1) is 18.1 Å². The number of carbonyl (C=O) groups is 1. The van der Waals surface area contributed by atoms with Crippen LogP contribution in [0.1, 0.15) is 23.7 Å². The first-order valence-corrected chi connectivity index (χ1v) is 5.25. The fourth-order valence-electron chi connectivity index (χ4n) is 1.44. The van der Waals surface area contributed by atoms with E-state index in [0.717, 1.165) is 12.1 Å². The van der Waals surface area contributed by atoms with E-state index < -0.39 is 11.7 Å². The van der Waals surface area contributed by atoms with E-state index in [1.165, 1.54) is 11.0 Å². The number of amides is 1. The first kappa shape index (κ1) is 13.0. The number of nitrogens with zero attached hydrogens (tertiary/aromatic N) is 2. The van der Waals surface area contributed by atoms with Crippen LogP contribution in [0.15, 0.2) is 18.2 Å². The molecule has 0 heterocycles. The monoisotopic (exact) mass is 236 g/mol. The third kappa shape index (κ3) is 3.18. The molecule has 17 heavy (non-hydrogen) atoms. The quantitative estimate of drug-likeness (QED) is 0.868. The molecule has 0 saturated heterocycles. The summed E-state index contributed by atoms with van der Waals surface area (Å²) in [6, 6.07) is 5.19. The molecule has 0 unspecified atom stereocenters. The Balaban J connectivity index is 2.90. The predicted molar refractivity (Wildman–Crippen MR) is 59.9 cm³/mol. The Morgan fingerprint density at radius 3 is 2.82 bits per heavy atom. The average molecular weight is 236 g/mol. The standard InChI is InChI=1S/C12H13FN2O2/c1-2-15(7-3-6-14)12(17)10-5-4-9(13)8-11(10)16/h4-5,8,16H,2-3,7H2,1H3. The molecule has 0 aliphatic carbocycles. The van der Waals surface area contributed by atoms with Crippen molar-refractivity contribution < 1.29 is 14.3 Å². The normalized spacial score (nSPS) is 9.71. The summed E-state index contributed by atoms with van der Waals surface area (Å²) >= 11 is 0. The van der Waals surface area contributed by atoms with Gasteiger partial charge in [-0.1, -0.05) is 0 Å². The minimum absolute atomic E-state index is 0.0474. The summed E-state index contributed by atoms with van der Waals surface area (Å²) in [7, 11) is 0. The van der Waals surface area contributed by atoms with E-state index in [1.54, 1.807) is 6.92 Å². The molecule has 0 bridgehead atoms. The first-order valence-electron chi connectivity index (χ1n) is 5.25. The van der Waals surface area contributed by atoms with Crippen LogP contribution in [0.3, 0.4) is 0 Å². The molecule has 0 saturated carbocycles. The lowest BCUT2D eigenvalue weighted by Gasteiger charge is -2.19. The maximum atomic E-state index is 12.8. The van der Waals surface area contributed by atoms with Gasteiger partial charge in [-0.15, -0.1) is 0 Å². The maximum Gasteiger partial charge on any atom is 0.257 e. The molecule has 1 rings (SSSR count). The van der Waals surface area contributed by atoms with Crippen LogP contribution in [0.5, 0.6) is 5.75 Å². The van der Waals surface area contributed by atoms with E-state index in [-0.39, 0.29) is 17.7 Å². The number of nitriles is 1. The fraction of sp³-hybridized carbons (Fsp3) is 0.333. The van der Waals surface area contributed by atoms with E-state index in [2.05, 4.69) is 0 Å². The lowest BCUT2D eigenvalue weighted by atomic mass is 10.1. The molecule has 0 aliphatic heterocycles. The minimum atomic E-state index is -0.598. The Bertz CT molecular complexity index is 454. The lowest BCUT2D eigenvalue weighted by molar-refractivity contribution is 0.0764. The highest BCUT2D eigenvalue weighted by atomic mass is 19.1. The third-order valence-electron chi connectivity index (χ3n) is 2.35. The summed E-state index contributed by atoms with van der Waals surface area (Å²) in [5, 5.41) is 17.9. The summed E-state index contributed by atoms with van der Waals surface area (Å²) in [6.45, 7) is 2.50. The molecule has 0 radical (unpaired) electrons. The van der Waals surface area contributed by atoms with Crippen LogP contribution in [0.25, 0.3) is 0 Å². The molecule has 4 nitrogen and oxygen atoms in total. The van der Waals surface area contributed by atoms with E-state index in [4.69, 9.17) is 5.26 Å². The predicted octanol–water partition coefficient (Wildman–Crippen LogP) is 1.91. The summed E-state index contributed by atoms with van der Waals surface area (Å²) in [4.78, 5) is 13.4. The molecule has 0 aromatic heterocycles. The van der Waals surface area contributed by atoms with Crippen LogP contribution in [-0.4, -0.2) is 29.0 Å². The Labute approximate surface area is 98.9 Å². The van der Waals surface area contributed by atoms with Crippen LogP contribution < -0.4 is 0 Å². The highest BCUT2D eigenvalue weighted by molar-refractivity contribution is 5.96. The van der Waals surface area contributed by atoms with Gasteiger partial charge in [0.2, 0.25) is 0 Å². The van der Waals surface area contributed by atoms with Gasteiger partial charge >= 0.3 is 0 Å². The molecule has 5 heteroatoms. The number of hydrogen-bond donors (Lipinski definition) is 1. The van der Waals surface area contributed by atoms with Gasteiger partial charge in [0.15, 0.2) is 0 Å². The van der Waals surface area contributed by atoms with Crippen molar-refractivity contribution in [2.24, 2.45) is 0 Å². The molecule has 0 spiro atoms. The van der Waals surface area contributed by atoms with Crippen molar-refractivity contribution in [2.75, 3.05) is 13.1 Å². The van der Waals surface area contributed by atoms with Crippen molar-refractivity contribution in [3.8, 4) is 11.8 Å². The molecule has 1 amide bonds. The molecular formula is C12H13FN2O2. The summed E-state index contributed by atoms with van der Waals surface area (Å²) in [5.74, 6) is -1.38. The molecule has 0 aliphatic rings. The van der Waals surface area contributed by atoms with Crippen LogP contribution in [0, 0.1) is 17.1 Å². The fourth-order valence-corrected chi connectivity index (χ4v) is 1.44. The van der Waals surface area contributed by atoms with Gasteiger partial charge < -0.3 is 10.0 Å². The highest BCUT2D eigenvalue weighted by Gasteiger charge is 2.17. The van der Waals surface area contributed by atoms with Gasteiger partial charge in [-0.3, -0.25) is 4.79 Å².